The topological polar surface area (TPSA) is 38.0 Å². The van der Waals surface area contributed by atoms with Crippen molar-refractivity contribution < 1.29 is 0 Å². The summed E-state index contributed by atoms with van der Waals surface area (Å²) in [4.78, 5) is 0. The summed E-state index contributed by atoms with van der Waals surface area (Å²) in [6.07, 6.45) is 8.44. The second-order valence-electron chi connectivity index (χ2n) is 4.78. The fourth-order valence-corrected chi connectivity index (χ4v) is 2.20. The molecule has 3 N–H and O–H groups in total. The van der Waals surface area contributed by atoms with E-state index in [9.17, 15) is 0 Å². The fourth-order valence-electron chi connectivity index (χ4n) is 2.20. The Bertz CT molecular complexity index is 209. The van der Waals surface area contributed by atoms with Gasteiger partial charge in [-0.25, -0.2) is 0 Å². The van der Waals surface area contributed by atoms with Crippen molar-refractivity contribution in [2.75, 3.05) is 13.1 Å². The first-order valence-electron chi connectivity index (χ1n) is 5.52. The minimum absolute atomic E-state index is 0.200. The van der Waals surface area contributed by atoms with Crippen molar-refractivity contribution in [1.29, 1.82) is 0 Å². The molecule has 2 heteroatoms. The van der Waals surface area contributed by atoms with Crippen molar-refractivity contribution in [1.82, 2.24) is 5.32 Å². The van der Waals surface area contributed by atoms with Gasteiger partial charge in [-0.05, 0) is 24.7 Å². The Morgan fingerprint density at radius 3 is 2.64 bits per heavy atom. The number of hydrogen-bond acceptors (Lipinski definition) is 2. The maximum atomic E-state index is 5.80. The molecule has 0 aliphatic heterocycles. The fraction of sp³-hybridized carbons (Fsp3) is 0.833. The molecule has 0 unspecified atom stereocenters. The molecule has 0 atom stereocenters. The molecule has 0 saturated heterocycles. The van der Waals surface area contributed by atoms with Crippen LogP contribution in [0.3, 0.4) is 0 Å². The highest BCUT2D eigenvalue weighted by Crippen LogP contribution is 2.41. The summed E-state index contributed by atoms with van der Waals surface area (Å²) in [6.45, 7) is 6.21. The van der Waals surface area contributed by atoms with E-state index in [1.54, 1.807) is 0 Å². The highest BCUT2D eigenvalue weighted by atomic mass is 15.0. The lowest BCUT2D eigenvalue weighted by molar-refractivity contribution is 0.0778. The molecule has 0 radical (unpaired) electrons. The van der Waals surface area contributed by atoms with Crippen molar-refractivity contribution in [3.05, 3.63) is 0 Å². The van der Waals surface area contributed by atoms with Crippen LogP contribution in [-0.4, -0.2) is 18.6 Å². The zero-order chi connectivity index (χ0) is 10.6. The normalized spacial score (nSPS) is 31.2. The molecule has 0 aromatic rings. The monoisotopic (exact) mass is 194 g/mol. The number of nitrogens with two attached hydrogens (primary N) is 1. The van der Waals surface area contributed by atoms with Gasteiger partial charge in [0.2, 0.25) is 0 Å². The van der Waals surface area contributed by atoms with Gasteiger partial charge in [-0.15, -0.1) is 12.3 Å². The molecule has 1 rings (SSSR count). The van der Waals surface area contributed by atoms with Gasteiger partial charge in [0.1, 0.15) is 0 Å². The number of terminal acetylenes is 1. The van der Waals surface area contributed by atoms with E-state index in [0.29, 0.717) is 0 Å². The van der Waals surface area contributed by atoms with E-state index in [1.807, 2.05) is 0 Å². The Morgan fingerprint density at radius 2 is 2.21 bits per heavy atom. The number of rotatable bonds is 5. The molecule has 0 bridgehead atoms. The maximum absolute atomic E-state index is 5.80. The third-order valence-electron chi connectivity index (χ3n) is 3.41. The van der Waals surface area contributed by atoms with Crippen LogP contribution in [0.1, 0.15) is 33.1 Å². The molecule has 0 aromatic heterocycles. The van der Waals surface area contributed by atoms with Crippen molar-refractivity contribution in [3.63, 3.8) is 0 Å². The molecule has 0 aromatic carbocycles. The Hall–Kier alpha value is -0.520. The van der Waals surface area contributed by atoms with Crippen LogP contribution in [0.4, 0.5) is 0 Å². The zero-order valence-corrected chi connectivity index (χ0v) is 9.34. The Labute approximate surface area is 87.6 Å². The second kappa shape index (κ2) is 4.82. The Kier molecular flexibility index (Phi) is 3.97. The summed E-state index contributed by atoms with van der Waals surface area (Å²) in [5.41, 5.74) is 6.00. The van der Waals surface area contributed by atoms with Gasteiger partial charge in [-0.1, -0.05) is 13.8 Å². The van der Waals surface area contributed by atoms with Gasteiger partial charge in [0.15, 0.2) is 0 Å². The van der Waals surface area contributed by atoms with E-state index < -0.39 is 0 Å². The third-order valence-corrected chi connectivity index (χ3v) is 3.41. The lowest BCUT2D eigenvalue weighted by atomic mass is 9.64. The number of hydrogen-bond donors (Lipinski definition) is 2. The van der Waals surface area contributed by atoms with Crippen molar-refractivity contribution in [3.8, 4) is 12.3 Å². The van der Waals surface area contributed by atoms with Crippen LogP contribution in [-0.2, 0) is 0 Å². The van der Waals surface area contributed by atoms with E-state index in [1.165, 1.54) is 12.8 Å². The molecule has 0 spiro atoms. The van der Waals surface area contributed by atoms with Crippen LogP contribution in [0.15, 0.2) is 0 Å². The Morgan fingerprint density at radius 1 is 1.57 bits per heavy atom. The van der Waals surface area contributed by atoms with Gasteiger partial charge in [0, 0.05) is 25.0 Å². The van der Waals surface area contributed by atoms with E-state index >= 15 is 0 Å². The first-order valence-corrected chi connectivity index (χ1v) is 5.52. The van der Waals surface area contributed by atoms with Crippen LogP contribution in [0.5, 0.6) is 0 Å². The maximum Gasteiger partial charge on any atom is 0.0309 e. The average molecular weight is 194 g/mol. The Balaban J connectivity index is 2.30. The molecule has 1 fully saturated rings. The van der Waals surface area contributed by atoms with Gasteiger partial charge in [-0.2, -0.15) is 0 Å². The predicted molar refractivity (Wildman–Crippen MR) is 60.8 cm³/mol. The van der Waals surface area contributed by atoms with Crippen LogP contribution < -0.4 is 11.1 Å². The standard InChI is InChI=1S/C12H22N2/c1-4-5-6-14-12(9-13)7-11(8-12)10(2)3/h1,10-11,14H,5-9,13H2,2-3H3. The molecular formula is C12H22N2. The molecule has 14 heavy (non-hydrogen) atoms. The molecule has 1 aliphatic rings. The molecule has 1 saturated carbocycles. The van der Waals surface area contributed by atoms with Gasteiger partial charge in [0.05, 0.1) is 0 Å². The molecule has 0 amide bonds. The second-order valence-corrected chi connectivity index (χ2v) is 4.78. The van der Waals surface area contributed by atoms with E-state index in [4.69, 9.17) is 12.2 Å². The predicted octanol–water partition coefficient (Wildman–Crippen LogP) is 1.36. The first-order chi connectivity index (χ1) is 6.63. The quantitative estimate of drug-likeness (QED) is 0.512. The molecule has 0 heterocycles. The van der Waals surface area contributed by atoms with E-state index in [2.05, 4.69) is 25.1 Å². The molecule has 80 valence electrons. The molecular weight excluding hydrogens is 172 g/mol. The van der Waals surface area contributed by atoms with Crippen molar-refractivity contribution in [2.45, 2.75) is 38.6 Å². The van der Waals surface area contributed by atoms with Crippen molar-refractivity contribution in [2.24, 2.45) is 17.6 Å². The highest BCUT2D eigenvalue weighted by Gasteiger charge is 2.43. The van der Waals surface area contributed by atoms with Crippen LogP contribution in [0.25, 0.3) is 0 Å². The minimum atomic E-state index is 0.200. The average Bonchev–Trinajstić information content (AvgIpc) is 2.09. The van der Waals surface area contributed by atoms with Gasteiger partial charge in [0.25, 0.3) is 0 Å². The summed E-state index contributed by atoms with van der Waals surface area (Å²) in [5.74, 6) is 4.27. The van der Waals surface area contributed by atoms with Crippen LogP contribution in [0, 0.1) is 24.2 Å². The summed E-state index contributed by atoms with van der Waals surface area (Å²) < 4.78 is 0. The van der Waals surface area contributed by atoms with E-state index in [0.717, 1.165) is 31.3 Å². The zero-order valence-electron chi connectivity index (χ0n) is 9.34. The smallest absolute Gasteiger partial charge is 0.0309 e. The largest absolute Gasteiger partial charge is 0.329 e. The summed E-state index contributed by atoms with van der Waals surface area (Å²) in [5, 5.41) is 3.50. The minimum Gasteiger partial charge on any atom is -0.329 e. The number of nitrogens with one attached hydrogen (secondary N) is 1. The van der Waals surface area contributed by atoms with Gasteiger partial charge < -0.3 is 11.1 Å². The lowest BCUT2D eigenvalue weighted by Crippen LogP contribution is -2.61. The SMILES string of the molecule is C#CCCNC1(CN)CC(C(C)C)C1. The molecule has 2 nitrogen and oxygen atoms in total. The van der Waals surface area contributed by atoms with E-state index in [-0.39, 0.29) is 5.54 Å². The lowest BCUT2D eigenvalue weighted by Gasteiger charge is -2.49. The third kappa shape index (κ3) is 2.50. The summed E-state index contributed by atoms with van der Waals surface area (Å²) in [7, 11) is 0. The first kappa shape index (κ1) is 11.6. The summed E-state index contributed by atoms with van der Waals surface area (Å²) in [6, 6.07) is 0. The highest BCUT2D eigenvalue weighted by molar-refractivity contribution is 5.03. The summed E-state index contributed by atoms with van der Waals surface area (Å²) >= 11 is 0. The van der Waals surface area contributed by atoms with Gasteiger partial charge in [-0.3, -0.25) is 0 Å². The molecule has 1 aliphatic carbocycles. The van der Waals surface area contributed by atoms with Gasteiger partial charge >= 0.3 is 0 Å². The van der Waals surface area contributed by atoms with Crippen LogP contribution in [0.2, 0.25) is 0 Å². The van der Waals surface area contributed by atoms with Crippen LogP contribution >= 0.6 is 0 Å². The van der Waals surface area contributed by atoms with Crippen molar-refractivity contribution >= 4 is 0 Å².